The zero-order valence-electron chi connectivity index (χ0n) is 16.9. The molecule has 2 aromatic carbocycles. The molecule has 2 aliphatic rings. The van der Waals surface area contributed by atoms with E-state index in [1.165, 1.54) is 0 Å². The highest BCUT2D eigenvalue weighted by atomic mass is 16.5. The third-order valence-electron chi connectivity index (χ3n) is 5.48. The number of carbonyl (C=O) groups excluding carboxylic acids is 2. The fourth-order valence-electron chi connectivity index (χ4n) is 4.13. The fourth-order valence-corrected chi connectivity index (χ4v) is 4.13. The summed E-state index contributed by atoms with van der Waals surface area (Å²) in [5.74, 6) is -0.469. The fraction of sp³-hybridized carbons (Fsp3) is 0.391. The van der Waals surface area contributed by atoms with Crippen LogP contribution in [0.5, 0.6) is 0 Å². The first-order valence-electron chi connectivity index (χ1n) is 10.2. The van der Waals surface area contributed by atoms with E-state index in [1.807, 2.05) is 54.6 Å². The average molecular weight is 393 g/mol. The van der Waals surface area contributed by atoms with Gasteiger partial charge in [-0.2, -0.15) is 0 Å². The van der Waals surface area contributed by atoms with Gasteiger partial charge in [0.1, 0.15) is 0 Å². The van der Waals surface area contributed by atoms with Crippen molar-refractivity contribution >= 4 is 28.9 Å². The first-order valence-corrected chi connectivity index (χ1v) is 10.2. The van der Waals surface area contributed by atoms with Crippen molar-refractivity contribution in [3.8, 4) is 0 Å². The lowest BCUT2D eigenvalue weighted by Crippen LogP contribution is -2.45. The molecule has 152 valence electrons. The molecular formula is C23H27N3O3. The van der Waals surface area contributed by atoms with Crippen LogP contribution in [-0.2, 0) is 14.3 Å². The highest BCUT2D eigenvalue weighted by Gasteiger charge is 2.35. The maximum absolute atomic E-state index is 12.7. The summed E-state index contributed by atoms with van der Waals surface area (Å²) in [5, 5.41) is 2.96. The minimum absolute atomic E-state index is 0.0118. The number of para-hydroxylation sites is 1. The number of rotatable bonds is 4. The Bertz CT molecular complexity index is 859. The molecule has 3 unspecified atom stereocenters. The van der Waals surface area contributed by atoms with Crippen molar-refractivity contribution in [3.05, 3.63) is 54.6 Å². The smallest absolute Gasteiger partial charge is 0.229 e. The maximum Gasteiger partial charge on any atom is 0.229 e. The summed E-state index contributed by atoms with van der Waals surface area (Å²) >= 11 is 0. The molecule has 2 aliphatic heterocycles. The zero-order chi connectivity index (χ0) is 20.4. The van der Waals surface area contributed by atoms with Gasteiger partial charge in [0.25, 0.3) is 0 Å². The van der Waals surface area contributed by atoms with Gasteiger partial charge in [0.15, 0.2) is 0 Å². The number of nitrogens with one attached hydrogen (secondary N) is 1. The van der Waals surface area contributed by atoms with Crippen molar-refractivity contribution < 1.29 is 14.3 Å². The molecule has 29 heavy (non-hydrogen) atoms. The molecule has 2 fully saturated rings. The van der Waals surface area contributed by atoms with Crippen molar-refractivity contribution in [3.63, 3.8) is 0 Å². The molecule has 0 aromatic heterocycles. The number of hydrogen-bond donors (Lipinski definition) is 1. The van der Waals surface area contributed by atoms with Crippen molar-refractivity contribution in [2.24, 2.45) is 5.92 Å². The lowest BCUT2D eigenvalue weighted by atomic mass is 10.1. The predicted molar refractivity (Wildman–Crippen MR) is 114 cm³/mol. The van der Waals surface area contributed by atoms with Crippen LogP contribution in [0.4, 0.5) is 17.1 Å². The molecule has 2 aromatic rings. The standard InChI is InChI=1S/C23H27N3O3/c1-16-13-25(14-17(2)29-16)20-10-8-19(9-11-20)24-23(28)18-12-22(27)26(15-18)21-6-4-3-5-7-21/h3-11,16-18H,12-15H2,1-2H3,(H,24,28). The van der Waals surface area contributed by atoms with Gasteiger partial charge in [0, 0.05) is 43.1 Å². The predicted octanol–water partition coefficient (Wildman–Crippen LogP) is 3.29. The number of morpholine rings is 1. The van der Waals surface area contributed by atoms with E-state index in [2.05, 4.69) is 24.1 Å². The molecule has 6 heteroatoms. The Morgan fingerprint density at radius 3 is 2.24 bits per heavy atom. The lowest BCUT2D eigenvalue weighted by molar-refractivity contribution is -0.122. The van der Waals surface area contributed by atoms with Crippen molar-refractivity contribution in [2.75, 3.05) is 34.8 Å². The van der Waals surface area contributed by atoms with Crippen molar-refractivity contribution in [2.45, 2.75) is 32.5 Å². The summed E-state index contributed by atoms with van der Waals surface area (Å²) in [4.78, 5) is 29.0. The number of hydrogen-bond acceptors (Lipinski definition) is 4. The molecule has 6 nitrogen and oxygen atoms in total. The van der Waals surface area contributed by atoms with Gasteiger partial charge in [-0.3, -0.25) is 9.59 Å². The second-order valence-corrected chi connectivity index (χ2v) is 7.94. The summed E-state index contributed by atoms with van der Waals surface area (Å²) in [6.07, 6.45) is 0.638. The van der Waals surface area contributed by atoms with Gasteiger partial charge in [-0.25, -0.2) is 0 Å². The Balaban J connectivity index is 1.37. The van der Waals surface area contributed by atoms with E-state index in [0.29, 0.717) is 6.54 Å². The van der Waals surface area contributed by atoms with Crippen LogP contribution in [0.2, 0.25) is 0 Å². The Hall–Kier alpha value is -2.86. The molecular weight excluding hydrogens is 366 g/mol. The molecule has 0 aliphatic carbocycles. The minimum Gasteiger partial charge on any atom is -0.372 e. The second kappa shape index (κ2) is 8.25. The summed E-state index contributed by atoms with van der Waals surface area (Å²) in [6.45, 7) is 6.29. The zero-order valence-corrected chi connectivity index (χ0v) is 16.9. The number of amides is 2. The van der Waals surface area contributed by atoms with Gasteiger partial charge in [0.2, 0.25) is 11.8 Å². The lowest BCUT2D eigenvalue weighted by Gasteiger charge is -2.36. The van der Waals surface area contributed by atoms with Gasteiger partial charge in [-0.15, -0.1) is 0 Å². The topological polar surface area (TPSA) is 61.9 Å². The summed E-state index contributed by atoms with van der Waals surface area (Å²) in [5.41, 5.74) is 2.71. The SMILES string of the molecule is CC1CN(c2ccc(NC(=O)C3CC(=O)N(c4ccccc4)C3)cc2)CC(C)O1. The molecule has 4 rings (SSSR count). The van der Waals surface area contributed by atoms with E-state index in [0.717, 1.165) is 30.2 Å². The van der Waals surface area contributed by atoms with Crippen LogP contribution in [0.15, 0.2) is 54.6 Å². The molecule has 3 atom stereocenters. The average Bonchev–Trinajstić information content (AvgIpc) is 3.10. The van der Waals surface area contributed by atoms with Gasteiger partial charge in [0.05, 0.1) is 18.1 Å². The molecule has 0 bridgehead atoms. The van der Waals surface area contributed by atoms with Gasteiger partial charge < -0.3 is 19.9 Å². The van der Waals surface area contributed by atoms with E-state index in [9.17, 15) is 9.59 Å². The molecule has 0 saturated carbocycles. The van der Waals surface area contributed by atoms with Crippen LogP contribution in [0.3, 0.4) is 0 Å². The van der Waals surface area contributed by atoms with Crippen LogP contribution in [0.1, 0.15) is 20.3 Å². The molecule has 1 N–H and O–H groups in total. The van der Waals surface area contributed by atoms with Crippen LogP contribution in [0, 0.1) is 5.92 Å². The second-order valence-electron chi connectivity index (χ2n) is 7.94. The number of anilines is 3. The van der Waals surface area contributed by atoms with Gasteiger partial charge in [-0.05, 0) is 50.2 Å². The number of carbonyl (C=O) groups is 2. The van der Waals surface area contributed by atoms with E-state index in [1.54, 1.807) is 4.90 Å². The quantitative estimate of drug-likeness (QED) is 0.866. The number of benzene rings is 2. The Morgan fingerprint density at radius 1 is 0.931 bits per heavy atom. The van der Waals surface area contributed by atoms with E-state index < -0.39 is 0 Å². The van der Waals surface area contributed by atoms with Crippen molar-refractivity contribution in [1.82, 2.24) is 0 Å². The Kier molecular flexibility index (Phi) is 5.53. The van der Waals surface area contributed by atoms with Crippen LogP contribution in [0.25, 0.3) is 0 Å². The normalized spacial score (nSPS) is 24.6. The van der Waals surface area contributed by atoms with Gasteiger partial charge >= 0.3 is 0 Å². The Labute approximate surface area is 171 Å². The third kappa shape index (κ3) is 4.43. The first kappa shape index (κ1) is 19.5. The van der Waals surface area contributed by atoms with Gasteiger partial charge in [-0.1, -0.05) is 18.2 Å². The van der Waals surface area contributed by atoms with E-state index in [-0.39, 0.29) is 36.4 Å². The minimum atomic E-state index is -0.344. The Morgan fingerprint density at radius 2 is 1.59 bits per heavy atom. The highest BCUT2D eigenvalue weighted by molar-refractivity contribution is 6.03. The number of nitrogens with zero attached hydrogens (tertiary/aromatic N) is 2. The number of ether oxygens (including phenoxy) is 1. The van der Waals surface area contributed by atoms with E-state index >= 15 is 0 Å². The maximum atomic E-state index is 12.7. The monoisotopic (exact) mass is 393 g/mol. The van der Waals surface area contributed by atoms with Crippen molar-refractivity contribution in [1.29, 1.82) is 0 Å². The highest BCUT2D eigenvalue weighted by Crippen LogP contribution is 2.27. The van der Waals surface area contributed by atoms with Crippen LogP contribution in [-0.4, -0.2) is 43.7 Å². The van der Waals surface area contributed by atoms with Crippen LogP contribution >= 0.6 is 0 Å². The molecule has 2 amide bonds. The molecule has 0 spiro atoms. The third-order valence-corrected chi connectivity index (χ3v) is 5.48. The van der Waals surface area contributed by atoms with E-state index in [4.69, 9.17) is 4.74 Å². The van der Waals surface area contributed by atoms with Crippen LogP contribution < -0.4 is 15.1 Å². The molecule has 2 heterocycles. The first-order chi connectivity index (χ1) is 14.0. The summed E-state index contributed by atoms with van der Waals surface area (Å²) in [7, 11) is 0. The molecule has 2 saturated heterocycles. The summed E-state index contributed by atoms with van der Waals surface area (Å²) < 4.78 is 5.79. The summed E-state index contributed by atoms with van der Waals surface area (Å²) in [6, 6.07) is 17.4. The largest absolute Gasteiger partial charge is 0.372 e. The molecule has 0 radical (unpaired) electrons.